The van der Waals surface area contributed by atoms with Crippen molar-refractivity contribution < 1.29 is 63.2 Å². The topological polar surface area (TPSA) is 214 Å². The number of aromatic nitrogens is 3. The van der Waals surface area contributed by atoms with E-state index in [4.69, 9.17) is 33.2 Å². The van der Waals surface area contributed by atoms with Gasteiger partial charge >= 0.3 is 5.97 Å². The van der Waals surface area contributed by atoms with Gasteiger partial charge in [-0.3, -0.25) is 14.3 Å². The molecule has 4 unspecified atom stereocenters. The molecule has 3 aliphatic heterocycles. The van der Waals surface area contributed by atoms with Gasteiger partial charge in [0, 0.05) is 44.7 Å². The Bertz CT molecular complexity index is 1590. The number of allylic oxidation sites excluding steroid dienone is 3. The lowest BCUT2D eigenvalue weighted by atomic mass is 9.79. The van der Waals surface area contributed by atoms with E-state index >= 15 is 0 Å². The number of aliphatic hydroxyl groups excluding tert-OH is 4. The molecule has 17 heteroatoms. The second-order valence-electron chi connectivity index (χ2n) is 17.8. The Kier molecular flexibility index (Phi) is 20.6. The van der Waals surface area contributed by atoms with Crippen molar-refractivity contribution in [3.8, 4) is 0 Å². The number of nitrogens with zero attached hydrogens (tertiary/aromatic N) is 4. The number of cyclic esters (lactones) is 1. The lowest BCUT2D eigenvalue weighted by Crippen LogP contribution is -2.63. The van der Waals surface area contributed by atoms with E-state index < -0.39 is 109 Å². The summed E-state index contributed by atoms with van der Waals surface area (Å²) >= 11 is 0. The number of hydrogen-bond acceptors (Lipinski definition) is 16. The number of likely N-dealkylation sites (N-methyl/N-ethyl adjacent to an activating group) is 1. The van der Waals surface area contributed by atoms with E-state index in [1.54, 1.807) is 56.6 Å². The van der Waals surface area contributed by atoms with Gasteiger partial charge < -0.3 is 58.5 Å². The minimum atomic E-state index is -1.27. The molecule has 0 spiro atoms. The molecule has 0 aliphatic carbocycles. The highest BCUT2D eigenvalue weighted by molar-refractivity contribution is 5.91. The summed E-state index contributed by atoms with van der Waals surface area (Å²) in [4.78, 5) is 29.5. The molecule has 0 aromatic carbocycles. The van der Waals surface area contributed by atoms with Gasteiger partial charge in [0.25, 0.3) is 0 Å². The molecule has 17 atom stereocenters. The first-order valence-electron chi connectivity index (χ1n) is 22.4. The molecule has 0 radical (unpaired) electrons. The monoisotopic (exact) mass is 881 g/mol. The summed E-state index contributed by atoms with van der Waals surface area (Å²) in [5, 5.41) is 53.9. The quantitative estimate of drug-likeness (QED) is 0.187. The summed E-state index contributed by atoms with van der Waals surface area (Å²) in [6.07, 6.45) is -0.166. The minimum absolute atomic E-state index is 0.0261. The molecular weight excluding hydrogens is 805 g/mol. The molecule has 3 aliphatic rings. The number of aryl methyl sites for hydroxylation is 2. The largest absolute Gasteiger partial charge is 0.462 e. The van der Waals surface area contributed by atoms with Crippen LogP contribution in [0.3, 0.4) is 0 Å². The van der Waals surface area contributed by atoms with Crippen molar-refractivity contribution in [3.05, 3.63) is 35.7 Å². The number of ether oxygens (including phenoxy) is 7. The summed E-state index contributed by atoms with van der Waals surface area (Å²) in [5.74, 6) is -2.90. The fraction of sp³-hybridized carbons (Fsp3) is 0.822. The van der Waals surface area contributed by atoms with E-state index in [-0.39, 0.29) is 18.8 Å². The zero-order valence-corrected chi connectivity index (χ0v) is 38.7. The van der Waals surface area contributed by atoms with Gasteiger partial charge in [0.15, 0.2) is 18.4 Å². The predicted octanol–water partition coefficient (Wildman–Crippen LogP) is 3.00. The fourth-order valence-corrected chi connectivity index (χ4v) is 8.91. The molecule has 0 amide bonds. The Labute approximate surface area is 368 Å². The normalized spacial score (nSPS) is 39.6. The number of rotatable bonds is 15. The first-order chi connectivity index (χ1) is 29.4. The van der Waals surface area contributed by atoms with Gasteiger partial charge in [0.05, 0.1) is 55.3 Å². The summed E-state index contributed by atoms with van der Waals surface area (Å²) in [5.41, 5.74) is 1.62. The first kappa shape index (κ1) is 51.9. The van der Waals surface area contributed by atoms with Crippen LogP contribution < -0.4 is 0 Å². The Morgan fingerprint density at radius 3 is 2.23 bits per heavy atom. The summed E-state index contributed by atoms with van der Waals surface area (Å²) in [6.45, 7) is 13.4. The van der Waals surface area contributed by atoms with Gasteiger partial charge in [-0.15, -0.1) is 5.10 Å². The SMILES string of the molecule is CCCCc1cn(CC[C@H]2C[C@@H](C)C(=O)/C=C/C(C)=C/[C@H](CO[C@@H]3OC(C)[C@@H](O)[C@H](OC)C3OC)[C@@H](CC)OC(=O)C[C@@H](O)[C@H](C)[C@H]2O[C@@H]2O[C@H](C)[C@@H](O)C(N(C)C)C2O)nn1. The number of unbranched alkanes of at least 4 members (excludes halogenated alkanes) is 1. The van der Waals surface area contributed by atoms with Crippen LogP contribution in [0.15, 0.2) is 30.0 Å². The Balaban J connectivity index is 1.69. The van der Waals surface area contributed by atoms with Gasteiger partial charge in [-0.25, -0.2) is 0 Å². The molecule has 2 fully saturated rings. The van der Waals surface area contributed by atoms with E-state index in [2.05, 4.69) is 17.2 Å². The molecule has 0 bridgehead atoms. The number of methoxy groups -OCH3 is 2. The molecular formula is C45H76N4O13. The van der Waals surface area contributed by atoms with Crippen molar-refractivity contribution >= 4 is 11.8 Å². The van der Waals surface area contributed by atoms with Gasteiger partial charge in [-0.2, -0.15) is 0 Å². The fourth-order valence-electron chi connectivity index (χ4n) is 8.91. The summed E-state index contributed by atoms with van der Waals surface area (Å²) in [6, 6.07) is -0.716. The van der Waals surface area contributed by atoms with Crippen molar-refractivity contribution in [2.24, 2.45) is 23.7 Å². The zero-order valence-electron chi connectivity index (χ0n) is 38.7. The van der Waals surface area contributed by atoms with Crippen molar-refractivity contribution in [1.29, 1.82) is 0 Å². The first-order valence-corrected chi connectivity index (χ1v) is 22.4. The molecule has 4 rings (SSSR count). The third kappa shape index (κ3) is 13.7. The molecule has 1 aromatic rings. The number of esters is 1. The number of carbonyl (C=O) groups is 2. The second-order valence-corrected chi connectivity index (χ2v) is 17.8. The van der Waals surface area contributed by atoms with Crippen LogP contribution in [0.5, 0.6) is 0 Å². The lowest BCUT2D eigenvalue weighted by Gasteiger charge is -2.46. The molecule has 17 nitrogen and oxygen atoms in total. The van der Waals surface area contributed by atoms with E-state index in [1.807, 2.05) is 33.0 Å². The maximum absolute atomic E-state index is 13.9. The van der Waals surface area contributed by atoms with Crippen molar-refractivity contribution in [3.63, 3.8) is 0 Å². The van der Waals surface area contributed by atoms with Gasteiger partial charge in [-0.05, 0) is 79.0 Å². The molecule has 4 N–H and O–H groups in total. The van der Waals surface area contributed by atoms with Crippen LogP contribution in [-0.4, -0.2) is 167 Å². The van der Waals surface area contributed by atoms with Gasteiger partial charge in [0.1, 0.15) is 30.5 Å². The predicted molar refractivity (Wildman–Crippen MR) is 228 cm³/mol. The molecule has 1 aromatic heterocycles. The molecule has 0 saturated carbocycles. The van der Waals surface area contributed by atoms with E-state index in [9.17, 15) is 30.0 Å². The minimum Gasteiger partial charge on any atom is -0.462 e. The van der Waals surface area contributed by atoms with Crippen LogP contribution in [0.25, 0.3) is 0 Å². The smallest absolute Gasteiger partial charge is 0.308 e. The number of ketones is 1. The molecule has 4 heterocycles. The van der Waals surface area contributed by atoms with E-state index in [0.29, 0.717) is 25.8 Å². The molecule has 354 valence electrons. The molecule has 62 heavy (non-hydrogen) atoms. The Hall–Kier alpha value is -2.68. The maximum atomic E-state index is 13.9. The van der Waals surface area contributed by atoms with E-state index in [0.717, 1.165) is 30.5 Å². The third-order valence-electron chi connectivity index (χ3n) is 12.8. The van der Waals surface area contributed by atoms with Crippen molar-refractivity contribution in [2.45, 2.75) is 180 Å². The van der Waals surface area contributed by atoms with Crippen molar-refractivity contribution in [2.75, 3.05) is 34.9 Å². The third-order valence-corrected chi connectivity index (χ3v) is 12.8. The highest BCUT2D eigenvalue weighted by atomic mass is 16.7. The number of hydrogen-bond donors (Lipinski definition) is 4. The molecule has 2 saturated heterocycles. The Morgan fingerprint density at radius 1 is 0.903 bits per heavy atom. The average molecular weight is 881 g/mol. The van der Waals surface area contributed by atoms with Crippen LogP contribution in [0, 0.1) is 23.7 Å². The highest BCUT2D eigenvalue weighted by Gasteiger charge is 2.48. The lowest BCUT2D eigenvalue weighted by molar-refractivity contribution is -0.304. The van der Waals surface area contributed by atoms with Crippen LogP contribution in [0.1, 0.15) is 92.7 Å². The second kappa shape index (κ2) is 24.6. The van der Waals surface area contributed by atoms with Gasteiger partial charge in [0.2, 0.25) is 0 Å². The van der Waals surface area contributed by atoms with Crippen LogP contribution in [0.4, 0.5) is 0 Å². The van der Waals surface area contributed by atoms with Crippen LogP contribution >= 0.6 is 0 Å². The Morgan fingerprint density at radius 2 is 1.58 bits per heavy atom. The zero-order chi connectivity index (χ0) is 45.8. The average Bonchev–Trinajstić information content (AvgIpc) is 3.69. The van der Waals surface area contributed by atoms with Crippen LogP contribution in [-0.2, 0) is 55.7 Å². The van der Waals surface area contributed by atoms with Crippen molar-refractivity contribution in [1.82, 2.24) is 19.9 Å². The van der Waals surface area contributed by atoms with E-state index in [1.165, 1.54) is 14.2 Å². The summed E-state index contributed by atoms with van der Waals surface area (Å²) < 4.78 is 44.2. The highest BCUT2D eigenvalue weighted by Crippen LogP contribution is 2.35. The maximum Gasteiger partial charge on any atom is 0.308 e. The summed E-state index contributed by atoms with van der Waals surface area (Å²) in [7, 11) is 6.48. The number of carbonyl (C=O) groups excluding carboxylic acids is 2. The van der Waals surface area contributed by atoms with Crippen LogP contribution in [0.2, 0.25) is 0 Å². The number of aliphatic hydroxyl groups is 4. The van der Waals surface area contributed by atoms with Gasteiger partial charge in [-0.1, -0.05) is 57.1 Å². The standard InChI is InChI=1S/C45H76N4O13/c1-12-14-15-32-23-49(47-46-32)19-18-30-21-26(4)33(50)17-16-25(3)20-31(24-58-45-43(57-11)42(56-10)39(54)29(7)60-45)35(13-2)61-36(52)22-34(51)27(5)41(30)62-44-40(55)37(48(8)9)38(53)28(6)59-44/h16-17,20,23,26-31,34-35,37-45,51,53-55H,12-15,18-19,21-22,24H2,1-11H3/b17-16+,25-20+/t26-,27+,28-,29?,30+,31-,34-,35-,37?,38-,39-,40?,41-,42+,43?,44+,45-/m1/s1.